The van der Waals surface area contributed by atoms with Crippen molar-refractivity contribution in [3.8, 4) is 11.1 Å². The first-order valence-corrected chi connectivity index (χ1v) is 14.6. The monoisotopic (exact) mass is 647 g/mol. The number of hydrogen-bond donors (Lipinski definition) is 3. The highest BCUT2D eigenvalue weighted by molar-refractivity contribution is 7.90. The molecule has 3 N–H and O–H groups in total. The lowest BCUT2D eigenvalue weighted by atomic mass is 9.90. The quantitative estimate of drug-likeness (QED) is 0.334. The Bertz CT molecular complexity index is 1690. The van der Waals surface area contributed by atoms with Gasteiger partial charge in [-0.1, -0.05) is 30.3 Å². The zero-order valence-electron chi connectivity index (χ0n) is 22.8. The van der Waals surface area contributed by atoms with Crippen LogP contribution >= 0.6 is 0 Å². The van der Waals surface area contributed by atoms with E-state index in [1.807, 2.05) is 0 Å². The molecule has 0 aliphatic carbocycles. The van der Waals surface area contributed by atoms with Crippen LogP contribution in [0.4, 0.5) is 41.2 Å². The Kier molecular flexibility index (Phi) is 8.47. The lowest BCUT2D eigenvalue weighted by molar-refractivity contribution is -0.376. The van der Waals surface area contributed by atoms with E-state index in [1.165, 1.54) is 54.4 Å². The summed E-state index contributed by atoms with van der Waals surface area (Å²) in [6, 6.07) is 8.47. The SMILES string of the molecule is CNC(=O)N1CCc2cc(S(C)(=O)=O)ccc2C1C(=O)Nc1ccc(-c2ccc(C(O)(C(F)(F)F)C(F)(F)F)cc2F)cc1. The van der Waals surface area contributed by atoms with Crippen LogP contribution < -0.4 is 10.6 Å². The zero-order chi connectivity index (χ0) is 32.8. The fourth-order valence-corrected chi connectivity index (χ4v) is 5.56. The Morgan fingerprint density at radius 3 is 2.07 bits per heavy atom. The van der Waals surface area contributed by atoms with E-state index in [9.17, 15) is 53.8 Å². The molecule has 1 aliphatic heterocycles. The maximum absolute atomic E-state index is 14.8. The van der Waals surface area contributed by atoms with Gasteiger partial charge in [0.2, 0.25) is 0 Å². The number of carbonyl (C=O) groups is 2. The molecule has 3 aromatic carbocycles. The lowest BCUT2D eigenvalue weighted by Gasteiger charge is -2.36. The Hall–Kier alpha value is -4.18. The molecule has 8 nitrogen and oxygen atoms in total. The van der Waals surface area contributed by atoms with Crippen molar-refractivity contribution in [2.45, 2.75) is 35.3 Å². The summed E-state index contributed by atoms with van der Waals surface area (Å²) in [4.78, 5) is 27.3. The van der Waals surface area contributed by atoms with Crippen LogP contribution in [0.25, 0.3) is 11.1 Å². The molecule has 1 aliphatic rings. The molecule has 0 spiro atoms. The first-order chi connectivity index (χ1) is 20.3. The van der Waals surface area contributed by atoms with Gasteiger partial charge in [-0.15, -0.1) is 0 Å². The number of sulfone groups is 1. The fraction of sp³-hybridized carbons (Fsp3) is 0.286. The maximum atomic E-state index is 14.8. The standard InChI is InChI=1S/C28H24F7N3O5S/c1-36-25(40)38-12-11-16-13-19(44(2,42)43)8-10-21(16)23(38)24(39)37-18-6-3-15(4-7-18)20-9-5-17(14-22(20)29)26(41,27(30,31)32)28(33,34)35/h3-10,13-14,23,41H,11-12H2,1-2H3,(H,36,40)(H,37,39). The number of benzene rings is 3. The van der Waals surface area contributed by atoms with Gasteiger partial charge in [-0.3, -0.25) is 4.79 Å². The molecule has 4 rings (SSSR count). The minimum atomic E-state index is -6.18. The van der Waals surface area contributed by atoms with E-state index < -0.39 is 57.2 Å². The van der Waals surface area contributed by atoms with Gasteiger partial charge in [0.25, 0.3) is 11.5 Å². The number of nitrogens with zero attached hydrogens (tertiary/aromatic N) is 1. The smallest absolute Gasteiger partial charge is 0.369 e. The van der Waals surface area contributed by atoms with Gasteiger partial charge in [-0.05, 0) is 53.4 Å². The van der Waals surface area contributed by atoms with Crippen molar-refractivity contribution in [3.63, 3.8) is 0 Å². The van der Waals surface area contributed by atoms with Gasteiger partial charge in [-0.2, -0.15) is 26.3 Å². The summed E-state index contributed by atoms with van der Waals surface area (Å²) in [5.41, 5.74) is -6.31. The number of nitrogens with one attached hydrogen (secondary N) is 2. The fourth-order valence-electron chi connectivity index (χ4n) is 4.89. The number of amides is 3. The third-order valence-corrected chi connectivity index (χ3v) is 8.28. The van der Waals surface area contributed by atoms with E-state index in [1.54, 1.807) is 0 Å². The van der Waals surface area contributed by atoms with E-state index in [0.29, 0.717) is 23.3 Å². The van der Waals surface area contributed by atoms with Gasteiger partial charge >= 0.3 is 18.4 Å². The van der Waals surface area contributed by atoms with Gasteiger partial charge in [0.15, 0.2) is 9.84 Å². The van der Waals surface area contributed by atoms with Crippen LogP contribution in [-0.2, 0) is 26.7 Å². The summed E-state index contributed by atoms with van der Waals surface area (Å²) >= 11 is 0. The van der Waals surface area contributed by atoms with E-state index in [2.05, 4.69) is 10.6 Å². The molecular weight excluding hydrogens is 623 g/mol. The average molecular weight is 648 g/mol. The number of alkyl halides is 6. The second-order valence-electron chi connectivity index (χ2n) is 10.0. The Labute approximate surface area is 246 Å². The molecule has 3 aromatic rings. The van der Waals surface area contributed by atoms with Gasteiger partial charge in [0, 0.05) is 36.7 Å². The molecule has 16 heteroatoms. The van der Waals surface area contributed by atoms with E-state index in [4.69, 9.17) is 0 Å². The van der Waals surface area contributed by atoms with Crippen molar-refractivity contribution in [2.75, 3.05) is 25.2 Å². The second kappa shape index (κ2) is 11.4. The normalized spacial score (nSPS) is 15.9. The first kappa shape index (κ1) is 32.7. The van der Waals surface area contributed by atoms with Crippen LogP contribution in [0.15, 0.2) is 65.6 Å². The summed E-state index contributed by atoms with van der Waals surface area (Å²) in [6.07, 6.45) is -11.0. The minimum absolute atomic E-state index is 0.0258. The number of rotatable bonds is 5. The number of carbonyl (C=O) groups excluding carboxylic acids is 2. The first-order valence-electron chi connectivity index (χ1n) is 12.7. The Morgan fingerprint density at radius 1 is 0.932 bits per heavy atom. The van der Waals surface area contributed by atoms with Crippen LogP contribution in [0.3, 0.4) is 0 Å². The van der Waals surface area contributed by atoms with Crippen molar-refractivity contribution in [3.05, 3.63) is 83.2 Å². The van der Waals surface area contributed by atoms with Gasteiger partial charge in [0.05, 0.1) is 4.90 Å². The molecule has 3 amide bonds. The van der Waals surface area contributed by atoms with Gasteiger partial charge in [0.1, 0.15) is 11.9 Å². The van der Waals surface area contributed by atoms with E-state index in [-0.39, 0.29) is 40.7 Å². The third kappa shape index (κ3) is 5.95. The number of anilines is 1. The van der Waals surface area contributed by atoms with Crippen molar-refractivity contribution < 1.29 is 53.8 Å². The third-order valence-electron chi connectivity index (χ3n) is 7.16. The Balaban J connectivity index is 1.62. The molecule has 0 saturated heterocycles. The van der Waals surface area contributed by atoms with Crippen molar-refractivity contribution in [1.29, 1.82) is 0 Å². The molecule has 0 radical (unpaired) electrons. The molecule has 0 bridgehead atoms. The second-order valence-corrected chi connectivity index (χ2v) is 12.0. The minimum Gasteiger partial charge on any atom is -0.369 e. The van der Waals surface area contributed by atoms with Crippen LogP contribution in [0, 0.1) is 5.82 Å². The van der Waals surface area contributed by atoms with Crippen molar-refractivity contribution >= 4 is 27.5 Å². The predicted molar refractivity (Wildman–Crippen MR) is 144 cm³/mol. The molecule has 1 atom stereocenters. The molecular formula is C28H24F7N3O5S. The number of hydrogen-bond acceptors (Lipinski definition) is 5. The number of fused-ring (bicyclic) bond motifs is 1. The number of halogens is 7. The van der Waals surface area contributed by atoms with Crippen molar-refractivity contribution in [2.24, 2.45) is 0 Å². The van der Waals surface area contributed by atoms with Crippen LogP contribution in [-0.4, -0.2) is 62.6 Å². The molecule has 0 fully saturated rings. The van der Waals surface area contributed by atoms with Crippen LogP contribution in [0.2, 0.25) is 0 Å². The summed E-state index contributed by atoms with van der Waals surface area (Å²) in [7, 11) is -2.17. The molecule has 44 heavy (non-hydrogen) atoms. The number of aliphatic hydroxyl groups is 1. The molecule has 236 valence electrons. The van der Waals surface area contributed by atoms with Crippen LogP contribution in [0.1, 0.15) is 22.7 Å². The Morgan fingerprint density at radius 2 is 1.55 bits per heavy atom. The number of urea groups is 1. The topological polar surface area (TPSA) is 116 Å². The average Bonchev–Trinajstić information content (AvgIpc) is 2.94. The highest BCUT2D eigenvalue weighted by Gasteiger charge is 2.71. The zero-order valence-corrected chi connectivity index (χ0v) is 23.7. The highest BCUT2D eigenvalue weighted by Crippen LogP contribution is 2.50. The molecule has 1 heterocycles. The largest absolute Gasteiger partial charge is 0.430 e. The molecule has 0 saturated carbocycles. The molecule has 0 aromatic heterocycles. The summed E-state index contributed by atoms with van der Waals surface area (Å²) < 4.78 is 118. The molecule has 1 unspecified atom stereocenters. The van der Waals surface area contributed by atoms with Crippen LogP contribution in [0.5, 0.6) is 0 Å². The van der Waals surface area contributed by atoms with Gasteiger partial charge in [-0.25, -0.2) is 17.6 Å². The summed E-state index contributed by atoms with van der Waals surface area (Å²) in [6.45, 7) is 0.0873. The van der Waals surface area contributed by atoms with E-state index >= 15 is 0 Å². The highest BCUT2D eigenvalue weighted by atomic mass is 32.2. The summed E-state index contributed by atoms with van der Waals surface area (Å²) in [5.74, 6) is -2.15. The van der Waals surface area contributed by atoms with E-state index in [0.717, 1.165) is 6.26 Å². The maximum Gasteiger partial charge on any atom is 0.430 e. The lowest BCUT2D eigenvalue weighted by Crippen LogP contribution is -2.53. The summed E-state index contributed by atoms with van der Waals surface area (Å²) in [5, 5.41) is 14.6. The van der Waals surface area contributed by atoms with Crippen molar-refractivity contribution in [1.82, 2.24) is 10.2 Å². The van der Waals surface area contributed by atoms with Gasteiger partial charge < -0.3 is 20.6 Å². The predicted octanol–water partition coefficient (Wildman–Crippen LogP) is 5.09.